The second-order valence-corrected chi connectivity index (χ2v) is 2.46. The van der Waals surface area contributed by atoms with Crippen molar-refractivity contribution in [2.45, 2.75) is 25.9 Å². The minimum atomic E-state index is -0.922. The molecule has 0 aliphatic heterocycles. The molecule has 0 spiro atoms. The van der Waals surface area contributed by atoms with Crippen molar-refractivity contribution >= 4 is 5.97 Å². The summed E-state index contributed by atoms with van der Waals surface area (Å²) >= 11 is 0. The lowest BCUT2D eigenvalue weighted by Crippen LogP contribution is -2.06. The van der Waals surface area contributed by atoms with Gasteiger partial charge in [-0.05, 0) is 19.8 Å². The van der Waals surface area contributed by atoms with Crippen molar-refractivity contribution in [3.63, 3.8) is 0 Å². The number of allylic oxidation sites excluding steroid dienone is 1. The summed E-state index contributed by atoms with van der Waals surface area (Å²) in [4.78, 5) is 10.5. The third-order valence-corrected chi connectivity index (χ3v) is 1.60. The zero-order chi connectivity index (χ0) is 9.56. The highest BCUT2D eigenvalue weighted by Gasteiger charge is 2.07. The highest BCUT2D eigenvalue weighted by Crippen LogP contribution is 2.08. The lowest BCUT2D eigenvalue weighted by atomic mass is 10.1. The molecule has 12 heavy (non-hydrogen) atoms. The van der Waals surface area contributed by atoms with Gasteiger partial charge >= 0.3 is 5.97 Å². The molecule has 3 heteroatoms. The van der Waals surface area contributed by atoms with Crippen LogP contribution in [-0.4, -0.2) is 22.3 Å². The van der Waals surface area contributed by atoms with Crippen molar-refractivity contribution in [1.82, 2.24) is 0 Å². The molecule has 0 saturated carbocycles. The summed E-state index contributed by atoms with van der Waals surface area (Å²) in [5, 5.41) is 17.6. The standard InChI is InChI=1S/C9H14O3/c1-3-7(9(11)12)5-6-8(10)4-2/h3-4,8,10H,2,5-6H2,1H3,(H,11,12). The van der Waals surface area contributed by atoms with E-state index in [1.807, 2.05) is 0 Å². The number of hydrogen-bond acceptors (Lipinski definition) is 2. The van der Waals surface area contributed by atoms with E-state index < -0.39 is 12.1 Å². The molecule has 2 N–H and O–H groups in total. The molecule has 0 aromatic rings. The fourth-order valence-corrected chi connectivity index (χ4v) is 0.796. The van der Waals surface area contributed by atoms with Gasteiger partial charge in [0.25, 0.3) is 0 Å². The van der Waals surface area contributed by atoms with Gasteiger partial charge in [-0.2, -0.15) is 0 Å². The van der Waals surface area contributed by atoms with Gasteiger partial charge in [-0.25, -0.2) is 4.79 Å². The summed E-state index contributed by atoms with van der Waals surface area (Å²) in [6, 6.07) is 0. The highest BCUT2D eigenvalue weighted by atomic mass is 16.4. The van der Waals surface area contributed by atoms with E-state index in [1.165, 1.54) is 12.2 Å². The van der Waals surface area contributed by atoms with Gasteiger partial charge in [-0.1, -0.05) is 12.2 Å². The monoisotopic (exact) mass is 170 g/mol. The molecule has 3 nitrogen and oxygen atoms in total. The van der Waals surface area contributed by atoms with Crippen LogP contribution in [0.25, 0.3) is 0 Å². The third-order valence-electron chi connectivity index (χ3n) is 1.60. The number of carbonyl (C=O) groups is 1. The topological polar surface area (TPSA) is 57.5 Å². The molecular formula is C9H14O3. The first-order valence-electron chi connectivity index (χ1n) is 3.81. The number of aliphatic carboxylic acids is 1. The number of carboxylic acid groups (broad SMARTS) is 1. The van der Waals surface area contributed by atoms with Gasteiger partial charge in [-0.3, -0.25) is 0 Å². The molecule has 0 amide bonds. The molecule has 0 fully saturated rings. The van der Waals surface area contributed by atoms with Crippen molar-refractivity contribution in [1.29, 1.82) is 0 Å². The number of carboxylic acids is 1. The fourth-order valence-electron chi connectivity index (χ4n) is 0.796. The van der Waals surface area contributed by atoms with Crippen molar-refractivity contribution < 1.29 is 15.0 Å². The van der Waals surface area contributed by atoms with Crippen LogP contribution in [-0.2, 0) is 4.79 Å². The average molecular weight is 170 g/mol. The Morgan fingerprint density at radius 3 is 2.58 bits per heavy atom. The summed E-state index contributed by atoms with van der Waals surface area (Å²) in [7, 11) is 0. The maximum Gasteiger partial charge on any atom is 0.331 e. The van der Waals surface area contributed by atoms with Crippen molar-refractivity contribution in [3.8, 4) is 0 Å². The number of rotatable bonds is 5. The smallest absolute Gasteiger partial charge is 0.331 e. The van der Waals surface area contributed by atoms with E-state index in [4.69, 9.17) is 10.2 Å². The van der Waals surface area contributed by atoms with Crippen LogP contribution in [0.5, 0.6) is 0 Å². The van der Waals surface area contributed by atoms with Crippen LogP contribution in [0.4, 0.5) is 0 Å². The van der Waals surface area contributed by atoms with Crippen LogP contribution in [0.2, 0.25) is 0 Å². The van der Waals surface area contributed by atoms with Gasteiger partial charge in [0.2, 0.25) is 0 Å². The first kappa shape index (κ1) is 10.9. The minimum Gasteiger partial charge on any atom is -0.478 e. The van der Waals surface area contributed by atoms with Crippen LogP contribution in [0.1, 0.15) is 19.8 Å². The van der Waals surface area contributed by atoms with Gasteiger partial charge < -0.3 is 10.2 Å². The van der Waals surface area contributed by atoms with E-state index in [9.17, 15) is 4.79 Å². The van der Waals surface area contributed by atoms with Gasteiger partial charge in [0.05, 0.1) is 6.10 Å². The van der Waals surface area contributed by atoms with Crippen molar-refractivity contribution in [2.75, 3.05) is 0 Å². The fraction of sp³-hybridized carbons (Fsp3) is 0.444. The molecule has 1 unspecified atom stereocenters. The minimum absolute atomic E-state index is 0.330. The molecular weight excluding hydrogens is 156 g/mol. The average Bonchev–Trinajstić information content (AvgIpc) is 2.04. The maximum absolute atomic E-state index is 10.5. The zero-order valence-electron chi connectivity index (χ0n) is 7.16. The summed E-state index contributed by atoms with van der Waals surface area (Å²) in [5.41, 5.74) is 0.330. The van der Waals surface area contributed by atoms with Gasteiger partial charge in [0.1, 0.15) is 0 Å². The van der Waals surface area contributed by atoms with Gasteiger partial charge in [0.15, 0.2) is 0 Å². The summed E-state index contributed by atoms with van der Waals surface area (Å²) in [6.07, 6.45) is 3.11. The Balaban J connectivity index is 3.90. The molecule has 0 aliphatic carbocycles. The Labute approximate surface area is 72.0 Å². The number of aliphatic hydroxyl groups is 1. The molecule has 68 valence electrons. The maximum atomic E-state index is 10.5. The second-order valence-electron chi connectivity index (χ2n) is 2.46. The summed E-state index contributed by atoms with van der Waals surface area (Å²) < 4.78 is 0. The van der Waals surface area contributed by atoms with Gasteiger partial charge in [-0.15, -0.1) is 6.58 Å². The van der Waals surface area contributed by atoms with Crippen molar-refractivity contribution in [3.05, 3.63) is 24.3 Å². The molecule has 0 aromatic carbocycles. The van der Waals surface area contributed by atoms with Gasteiger partial charge in [0, 0.05) is 5.57 Å². The highest BCUT2D eigenvalue weighted by molar-refractivity contribution is 5.86. The molecule has 1 atom stereocenters. The van der Waals surface area contributed by atoms with E-state index >= 15 is 0 Å². The Bertz CT molecular complexity index is 194. The van der Waals surface area contributed by atoms with E-state index in [0.29, 0.717) is 18.4 Å². The molecule has 0 aromatic heterocycles. The second kappa shape index (κ2) is 5.55. The quantitative estimate of drug-likeness (QED) is 0.483. The van der Waals surface area contributed by atoms with E-state index in [1.54, 1.807) is 6.92 Å². The largest absolute Gasteiger partial charge is 0.478 e. The Hall–Kier alpha value is -1.09. The van der Waals surface area contributed by atoms with Crippen molar-refractivity contribution in [2.24, 2.45) is 0 Å². The predicted octanol–water partition coefficient (Wildman–Crippen LogP) is 1.34. The number of aliphatic hydroxyl groups excluding tert-OH is 1. The van der Waals surface area contributed by atoms with Crippen LogP contribution in [0, 0.1) is 0 Å². The molecule has 0 bridgehead atoms. The van der Waals surface area contributed by atoms with E-state index in [0.717, 1.165) is 0 Å². The molecule has 0 heterocycles. The lowest BCUT2D eigenvalue weighted by molar-refractivity contribution is -0.132. The molecule has 0 aliphatic rings. The third kappa shape index (κ3) is 3.93. The Morgan fingerprint density at radius 1 is 1.67 bits per heavy atom. The zero-order valence-corrected chi connectivity index (χ0v) is 7.16. The molecule has 0 saturated heterocycles. The first-order chi connectivity index (χ1) is 5.61. The normalized spacial score (nSPS) is 14.0. The molecule has 0 radical (unpaired) electrons. The molecule has 0 rings (SSSR count). The SMILES string of the molecule is C=CC(O)CCC(=CC)C(=O)O. The summed E-state index contributed by atoms with van der Waals surface area (Å²) in [5.74, 6) is -0.922. The Morgan fingerprint density at radius 2 is 2.25 bits per heavy atom. The Kier molecular flexibility index (Phi) is 5.04. The lowest BCUT2D eigenvalue weighted by Gasteiger charge is -2.04. The van der Waals surface area contributed by atoms with E-state index in [-0.39, 0.29) is 0 Å². The van der Waals surface area contributed by atoms with Crippen LogP contribution < -0.4 is 0 Å². The van der Waals surface area contributed by atoms with Crippen LogP contribution in [0.15, 0.2) is 24.3 Å². The summed E-state index contributed by atoms with van der Waals surface area (Å²) in [6.45, 7) is 5.06. The van der Waals surface area contributed by atoms with E-state index in [2.05, 4.69) is 6.58 Å². The van der Waals surface area contributed by atoms with Crippen LogP contribution >= 0.6 is 0 Å². The number of hydrogen-bond donors (Lipinski definition) is 2. The predicted molar refractivity (Wildman–Crippen MR) is 46.8 cm³/mol. The first-order valence-corrected chi connectivity index (χ1v) is 3.81. The van der Waals surface area contributed by atoms with Crippen LogP contribution in [0.3, 0.4) is 0 Å².